The fourth-order valence-corrected chi connectivity index (χ4v) is 2.09. The van der Waals surface area contributed by atoms with Crippen molar-refractivity contribution in [3.8, 4) is 0 Å². The molecule has 1 rings (SSSR count). The summed E-state index contributed by atoms with van der Waals surface area (Å²) in [5.41, 5.74) is -0.618. The summed E-state index contributed by atoms with van der Waals surface area (Å²) >= 11 is 5.69. The van der Waals surface area contributed by atoms with Crippen molar-refractivity contribution in [2.45, 2.75) is 0 Å². The fraction of sp³-hybridized carbons (Fsp3) is 0.300. The Balaban J connectivity index is 2.83. The van der Waals surface area contributed by atoms with Gasteiger partial charge in [0, 0.05) is 17.6 Å². The summed E-state index contributed by atoms with van der Waals surface area (Å²) in [4.78, 5) is 21.9. The van der Waals surface area contributed by atoms with E-state index in [0.717, 1.165) is 12.1 Å². The third-order valence-corrected chi connectivity index (χ3v) is 3.97. The summed E-state index contributed by atoms with van der Waals surface area (Å²) in [5, 5.41) is 13.3. The van der Waals surface area contributed by atoms with Crippen molar-refractivity contribution in [3.05, 3.63) is 38.9 Å². The van der Waals surface area contributed by atoms with Gasteiger partial charge in [-0.15, -0.1) is 0 Å². The number of sulfonamides is 1. The summed E-state index contributed by atoms with van der Waals surface area (Å²) in [6, 6.07) is 3.56. The molecule has 0 heterocycles. The largest absolute Gasteiger partial charge is 0.351 e. The standard InChI is InChI=1S/C10H12ClN3O5S/c1-12-20(18,19)5-4-13-10(15)8-6-7(11)2-3-9(8)14(16)17/h2-3,6,12H,4-5H2,1H3,(H,13,15). The molecule has 0 unspecified atom stereocenters. The lowest BCUT2D eigenvalue weighted by Gasteiger charge is -2.06. The van der Waals surface area contributed by atoms with Gasteiger partial charge in [-0.05, 0) is 19.2 Å². The van der Waals surface area contributed by atoms with Crippen LogP contribution in [0.4, 0.5) is 5.69 Å². The molecule has 0 saturated carbocycles. The first-order chi connectivity index (χ1) is 9.26. The molecule has 0 spiro atoms. The van der Waals surface area contributed by atoms with Gasteiger partial charge in [-0.3, -0.25) is 14.9 Å². The van der Waals surface area contributed by atoms with E-state index in [9.17, 15) is 23.3 Å². The number of benzene rings is 1. The zero-order valence-corrected chi connectivity index (χ0v) is 12.0. The average Bonchev–Trinajstić information content (AvgIpc) is 2.37. The van der Waals surface area contributed by atoms with E-state index in [0.29, 0.717) is 0 Å². The zero-order chi connectivity index (χ0) is 15.3. The maximum absolute atomic E-state index is 11.8. The minimum atomic E-state index is -3.46. The average molecular weight is 322 g/mol. The minimum Gasteiger partial charge on any atom is -0.351 e. The molecule has 2 N–H and O–H groups in total. The third-order valence-electron chi connectivity index (χ3n) is 2.37. The Kier molecular flexibility index (Phi) is 5.43. The minimum absolute atomic E-state index is 0.170. The summed E-state index contributed by atoms with van der Waals surface area (Å²) in [6.45, 7) is -0.175. The Morgan fingerprint density at radius 1 is 1.45 bits per heavy atom. The van der Waals surface area contributed by atoms with Crippen LogP contribution in [0.15, 0.2) is 18.2 Å². The number of nitrogens with zero attached hydrogens (tertiary/aromatic N) is 1. The number of rotatable bonds is 6. The molecule has 1 aromatic carbocycles. The highest BCUT2D eigenvalue weighted by Gasteiger charge is 2.20. The monoisotopic (exact) mass is 321 g/mol. The van der Waals surface area contributed by atoms with Gasteiger partial charge in [-0.1, -0.05) is 11.6 Å². The predicted molar refractivity (Wildman–Crippen MR) is 73.3 cm³/mol. The van der Waals surface area contributed by atoms with Crippen LogP contribution >= 0.6 is 11.6 Å². The SMILES string of the molecule is CNS(=O)(=O)CCNC(=O)c1cc(Cl)ccc1[N+](=O)[O-]. The van der Waals surface area contributed by atoms with Crippen molar-refractivity contribution >= 4 is 33.2 Å². The second-order valence-electron chi connectivity index (χ2n) is 3.70. The number of nitro benzene ring substituents is 1. The van der Waals surface area contributed by atoms with E-state index < -0.39 is 26.5 Å². The summed E-state index contributed by atoms with van der Waals surface area (Å²) in [7, 11) is -2.21. The van der Waals surface area contributed by atoms with Crippen LogP contribution in [-0.4, -0.2) is 38.6 Å². The first-order valence-electron chi connectivity index (χ1n) is 5.40. The van der Waals surface area contributed by atoms with Crippen molar-refractivity contribution in [1.29, 1.82) is 0 Å². The molecule has 8 nitrogen and oxygen atoms in total. The Labute approximate surface area is 120 Å². The lowest BCUT2D eigenvalue weighted by molar-refractivity contribution is -0.385. The molecular formula is C10H12ClN3O5S. The Bertz CT molecular complexity index is 632. The molecule has 0 bridgehead atoms. The molecule has 0 aliphatic heterocycles. The quantitative estimate of drug-likeness (QED) is 0.585. The molecule has 0 saturated heterocycles. The van der Waals surface area contributed by atoms with Gasteiger partial charge in [0.25, 0.3) is 11.6 Å². The lowest BCUT2D eigenvalue weighted by Crippen LogP contribution is -2.33. The summed E-state index contributed by atoms with van der Waals surface area (Å²) in [6.07, 6.45) is 0. The zero-order valence-electron chi connectivity index (χ0n) is 10.4. The molecule has 0 aliphatic carbocycles. The number of nitrogens with one attached hydrogen (secondary N) is 2. The van der Waals surface area contributed by atoms with Gasteiger partial charge in [0.1, 0.15) is 5.56 Å². The molecular weight excluding hydrogens is 310 g/mol. The highest BCUT2D eigenvalue weighted by atomic mass is 35.5. The van der Waals surface area contributed by atoms with Crippen molar-refractivity contribution < 1.29 is 18.1 Å². The number of halogens is 1. The number of hydrogen-bond donors (Lipinski definition) is 2. The highest BCUT2D eigenvalue weighted by Crippen LogP contribution is 2.22. The Morgan fingerprint density at radius 3 is 2.65 bits per heavy atom. The van der Waals surface area contributed by atoms with E-state index in [4.69, 9.17) is 11.6 Å². The van der Waals surface area contributed by atoms with Crippen LogP contribution < -0.4 is 10.0 Å². The first-order valence-corrected chi connectivity index (χ1v) is 7.43. The maximum Gasteiger partial charge on any atom is 0.282 e. The molecule has 0 aliphatic rings. The van der Waals surface area contributed by atoms with Gasteiger partial charge in [-0.25, -0.2) is 13.1 Å². The molecule has 10 heteroatoms. The van der Waals surface area contributed by atoms with Crippen LogP contribution in [0.25, 0.3) is 0 Å². The first kappa shape index (κ1) is 16.3. The number of hydrogen-bond acceptors (Lipinski definition) is 5. The van der Waals surface area contributed by atoms with E-state index in [1.165, 1.54) is 13.1 Å². The number of carbonyl (C=O) groups excluding carboxylic acids is 1. The van der Waals surface area contributed by atoms with Gasteiger partial charge in [0.05, 0.1) is 10.7 Å². The van der Waals surface area contributed by atoms with Crippen molar-refractivity contribution in [2.75, 3.05) is 19.3 Å². The van der Waals surface area contributed by atoms with E-state index in [-0.39, 0.29) is 22.9 Å². The van der Waals surface area contributed by atoms with Gasteiger partial charge >= 0.3 is 0 Å². The number of carbonyl (C=O) groups is 1. The van der Waals surface area contributed by atoms with E-state index in [2.05, 4.69) is 10.0 Å². The molecule has 0 atom stereocenters. The maximum atomic E-state index is 11.8. The molecule has 0 radical (unpaired) electrons. The molecule has 1 amide bonds. The van der Waals surface area contributed by atoms with Crippen LogP contribution in [0, 0.1) is 10.1 Å². The normalized spacial score (nSPS) is 11.1. The topological polar surface area (TPSA) is 118 Å². The van der Waals surface area contributed by atoms with Crippen LogP contribution in [-0.2, 0) is 10.0 Å². The van der Waals surface area contributed by atoms with Crippen LogP contribution in [0.3, 0.4) is 0 Å². The van der Waals surface area contributed by atoms with Gasteiger partial charge in [-0.2, -0.15) is 0 Å². The van der Waals surface area contributed by atoms with E-state index >= 15 is 0 Å². The van der Waals surface area contributed by atoms with E-state index in [1.54, 1.807) is 0 Å². The molecule has 1 aromatic rings. The van der Waals surface area contributed by atoms with Crippen LogP contribution in [0.1, 0.15) is 10.4 Å². The smallest absolute Gasteiger partial charge is 0.282 e. The summed E-state index contributed by atoms with van der Waals surface area (Å²) in [5.74, 6) is -1.09. The Morgan fingerprint density at radius 2 is 2.10 bits per heavy atom. The highest BCUT2D eigenvalue weighted by molar-refractivity contribution is 7.89. The predicted octanol–water partition coefficient (Wildman–Crippen LogP) is 0.527. The van der Waals surface area contributed by atoms with Crippen molar-refractivity contribution in [2.24, 2.45) is 0 Å². The Hall–Kier alpha value is -1.71. The fourth-order valence-electron chi connectivity index (χ4n) is 1.35. The molecule has 110 valence electrons. The van der Waals surface area contributed by atoms with Crippen molar-refractivity contribution in [1.82, 2.24) is 10.0 Å². The van der Waals surface area contributed by atoms with Gasteiger partial charge < -0.3 is 5.32 Å². The number of amides is 1. The van der Waals surface area contributed by atoms with E-state index in [1.807, 2.05) is 0 Å². The second kappa shape index (κ2) is 6.64. The molecule has 0 fully saturated rings. The lowest BCUT2D eigenvalue weighted by atomic mass is 10.1. The van der Waals surface area contributed by atoms with Crippen LogP contribution in [0.5, 0.6) is 0 Å². The molecule has 0 aromatic heterocycles. The molecule has 20 heavy (non-hydrogen) atoms. The summed E-state index contributed by atoms with van der Waals surface area (Å²) < 4.78 is 24.4. The van der Waals surface area contributed by atoms with Crippen LogP contribution in [0.2, 0.25) is 5.02 Å². The second-order valence-corrected chi connectivity index (χ2v) is 6.18. The van der Waals surface area contributed by atoms with Gasteiger partial charge in [0.2, 0.25) is 10.0 Å². The van der Waals surface area contributed by atoms with Crippen molar-refractivity contribution in [3.63, 3.8) is 0 Å². The van der Waals surface area contributed by atoms with Gasteiger partial charge in [0.15, 0.2) is 0 Å². The third kappa shape index (κ3) is 4.44. The number of nitro groups is 1.